The molecule has 0 fully saturated rings. The van der Waals surface area contributed by atoms with Crippen molar-refractivity contribution in [3.8, 4) is 0 Å². The van der Waals surface area contributed by atoms with Gasteiger partial charge in [-0.3, -0.25) is 0 Å². The fourth-order valence-corrected chi connectivity index (χ4v) is 2.27. The Balaban J connectivity index is 1.89. The first-order valence-corrected chi connectivity index (χ1v) is 7.47. The quantitative estimate of drug-likeness (QED) is 0.515. The molecular formula is C20H15NO3. The van der Waals surface area contributed by atoms with E-state index in [0.29, 0.717) is 16.9 Å². The van der Waals surface area contributed by atoms with Gasteiger partial charge in [-0.05, 0) is 36.4 Å². The minimum Gasteiger partial charge on any atom is -0.372 e. The Labute approximate surface area is 139 Å². The summed E-state index contributed by atoms with van der Waals surface area (Å²) in [5, 5.41) is 0. The van der Waals surface area contributed by atoms with Crippen molar-refractivity contribution in [2.75, 3.05) is 4.90 Å². The molecule has 0 spiro atoms. The Hall–Kier alpha value is -3.40. The number of ether oxygens (including phenoxy) is 1. The first-order chi connectivity index (χ1) is 11.8. The largest absolute Gasteiger partial charge is 0.426 e. The van der Waals surface area contributed by atoms with Crippen LogP contribution in [0.15, 0.2) is 91.0 Å². The second-order valence-electron chi connectivity index (χ2n) is 5.03. The summed E-state index contributed by atoms with van der Waals surface area (Å²) in [7, 11) is 0. The molecule has 3 aromatic carbocycles. The number of esters is 1. The molecule has 1 amide bonds. The molecule has 0 saturated carbocycles. The van der Waals surface area contributed by atoms with Gasteiger partial charge in [0.15, 0.2) is 0 Å². The van der Waals surface area contributed by atoms with E-state index in [1.54, 1.807) is 54.6 Å². The molecule has 0 saturated heterocycles. The van der Waals surface area contributed by atoms with Crippen LogP contribution < -0.4 is 4.90 Å². The van der Waals surface area contributed by atoms with E-state index < -0.39 is 12.1 Å². The van der Waals surface area contributed by atoms with Crippen LogP contribution in [-0.2, 0) is 4.74 Å². The second kappa shape index (κ2) is 7.24. The summed E-state index contributed by atoms with van der Waals surface area (Å²) in [6.45, 7) is 0. The number of para-hydroxylation sites is 2. The van der Waals surface area contributed by atoms with Gasteiger partial charge >= 0.3 is 12.1 Å². The molecular weight excluding hydrogens is 302 g/mol. The molecule has 4 heteroatoms. The summed E-state index contributed by atoms with van der Waals surface area (Å²) in [5.41, 5.74) is 1.57. The number of amides is 1. The lowest BCUT2D eigenvalue weighted by Crippen LogP contribution is -2.29. The van der Waals surface area contributed by atoms with Crippen LogP contribution in [0.3, 0.4) is 0 Å². The normalized spacial score (nSPS) is 10.0. The van der Waals surface area contributed by atoms with Crippen molar-refractivity contribution < 1.29 is 14.3 Å². The molecule has 0 unspecified atom stereocenters. The third kappa shape index (κ3) is 3.50. The second-order valence-corrected chi connectivity index (χ2v) is 5.03. The smallest absolute Gasteiger partial charge is 0.372 e. The summed E-state index contributed by atoms with van der Waals surface area (Å²) in [6, 6.07) is 26.5. The van der Waals surface area contributed by atoms with Gasteiger partial charge in [0.25, 0.3) is 0 Å². The van der Waals surface area contributed by atoms with Gasteiger partial charge < -0.3 is 4.74 Å². The van der Waals surface area contributed by atoms with Crippen molar-refractivity contribution in [3.05, 3.63) is 96.6 Å². The Morgan fingerprint density at radius 2 is 1.04 bits per heavy atom. The Kier molecular flexibility index (Phi) is 4.68. The van der Waals surface area contributed by atoms with Crippen molar-refractivity contribution in [3.63, 3.8) is 0 Å². The molecule has 0 aliphatic carbocycles. The van der Waals surface area contributed by atoms with E-state index in [-0.39, 0.29) is 0 Å². The summed E-state index contributed by atoms with van der Waals surface area (Å²) in [6.07, 6.45) is -0.749. The van der Waals surface area contributed by atoms with Gasteiger partial charge in [0, 0.05) is 0 Å². The molecule has 0 aromatic heterocycles. The molecule has 0 radical (unpaired) electrons. The van der Waals surface area contributed by atoms with Crippen molar-refractivity contribution in [1.82, 2.24) is 0 Å². The summed E-state index contributed by atoms with van der Waals surface area (Å²) in [4.78, 5) is 26.1. The lowest BCUT2D eigenvalue weighted by molar-refractivity contribution is 0.0638. The summed E-state index contributed by atoms with van der Waals surface area (Å²) >= 11 is 0. The minimum absolute atomic E-state index is 0.326. The average molecular weight is 317 g/mol. The van der Waals surface area contributed by atoms with E-state index in [0.717, 1.165) is 0 Å². The van der Waals surface area contributed by atoms with E-state index in [1.165, 1.54) is 4.90 Å². The highest BCUT2D eigenvalue weighted by molar-refractivity contribution is 6.04. The monoisotopic (exact) mass is 317 g/mol. The fraction of sp³-hybridized carbons (Fsp3) is 0. The Morgan fingerprint density at radius 1 is 0.625 bits per heavy atom. The van der Waals surface area contributed by atoms with Gasteiger partial charge in [-0.15, -0.1) is 0 Å². The van der Waals surface area contributed by atoms with Gasteiger partial charge in [0.2, 0.25) is 0 Å². The third-order valence-electron chi connectivity index (χ3n) is 3.40. The minimum atomic E-state index is -0.749. The maximum absolute atomic E-state index is 12.6. The number of hydrogen-bond acceptors (Lipinski definition) is 3. The number of hydrogen-bond donors (Lipinski definition) is 0. The van der Waals surface area contributed by atoms with Crippen LogP contribution in [0.2, 0.25) is 0 Å². The van der Waals surface area contributed by atoms with E-state index in [4.69, 9.17) is 4.74 Å². The van der Waals surface area contributed by atoms with E-state index in [2.05, 4.69) is 0 Å². The van der Waals surface area contributed by atoms with Crippen LogP contribution in [0.5, 0.6) is 0 Å². The molecule has 4 nitrogen and oxygen atoms in total. The van der Waals surface area contributed by atoms with Gasteiger partial charge in [0.05, 0.1) is 16.9 Å². The van der Waals surface area contributed by atoms with Crippen LogP contribution >= 0.6 is 0 Å². The van der Waals surface area contributed by atoms with Crippen LogP contribution in [-0.4, -0.2) is 12.1 Å². The summed E-state index contributed by atoms with van der Waals surface area (Å²) < 4.78 is 5.06. The summed E-state index contributed by atoms with van der Waals surface area (Å²) in [5.74, 6) is -0.683. The number of carbonyl (C=O) groups excluding carboxylic acids is 2. The molecule has 0 aliphatic rings. The van der Waals surface area contributed by atoms with Crippen LogP contribution in [0, 0.1) is 0 Å². The van der Waals surface area contributed by atoms with E-state index in [9.17, 15) is 9.59 Å². The van der Waals surface area contributed by atoms with Gasteiger partial charge in [-0.1, -0.05) is 54.6 Å². The first-order valence-electron chi connectivity index (χ1n) is 7.47. The van der Waals surface area contributed by atoms with Crippen LogP contribution in [0.4, 0.5) is 16.2 Å². The average Bonchev–Trinajstić information content (AvgIpc) is 2.64. The highest BCUT2D eigenvalue weighted by Gasteiger charge is 2.22. The first kappa shape index (κ1) is 15.5. The number of carbonyl (C=O) groups is 2. The zero-order valence-electron chi connectivity index (χ0n) is 12.8. The molecule has 3 aromatic rings. The number of rotatable bonds is 3. The predicted octanol–water partition coefficient (Wildman–Crippen LogP) is 4.80. The molecule has 0 aliphatic heterocycles. The molecule has 0 bridgehead atoms. The van der Waals surface area contributed by atoms with Gasteiger partial charge in [0.1, 0.15) is 0 Å². The molecule has 0 heterocycles. The fourth-order valence-electron chi connectivity index (χ4n) is 2.27. The maximum atomic E-state index is 12.6. The number of benzene rings is 3. The Bertz CT molecular complexity index is 778. The van der Waals surface area contributed by atoms with Crippen molar-refractivity contribution >= 4 is 23.4 Å². The molecule has 24 heavy (non-hydrogen) atoms. The maximum Gasteiger partial charge on any atom is 0.426 e. The van der Waals surface area contributed by atoms with Crippen LogP contribution in [0.1, 0.15) is 10.4 Å². The standard InChI is InChI=1S/C20H15NO3/c22-19(16-10-4-1-5-11-16)24-20(23)21(17-12-6-2-7-13-17)18-14-8-3-9-15-18/h1-15H. The topological polar surface area (TPSA) is 46.6 Å². The van der Waals surface area contributed by atoms with Gasteiger partial charge in [-0.25, -0.2) is 14.5 Å². The van der Waals surface area contributed by atoms with Gasteiger partial charge in [-0.2, -0.15) is 0 Å². The number of anilines is 2. The zero-order chi connectivity index (χ0) is 16.8. The molecule has 118 valence electrons. The van der Waals surface area contributed by atoms with Crippen molar-refractivity contribution in [2.45, 2.75) is 0 Å². The Morgan fingerprint density at radius 3 is 1.50 bits per heavy atom. The number of nitrogens with zero attached hydrogens (tertiary/aromatic N) is 1. The lowest BCUT2D eigenvalue weighted by Gasteiger charge is -2.21. The van der Waals surface area contributed by atoms with Crippen molar-refractivity contribution in [1.29, 1.82) is 0 Å². The molecule has 3 rings (SSSR count). The highest BCUT2D eigenvalue weighted by Crippen LogP contribution is 2.26. The highest BCUT2D eigenvalue weighted by atomic mass is 16.6. The predicted molar refractivity (Wildman–Crippen MR) is 92.3 cm³/mol. The van der Waals surface area contributed by atoms with E-state index in [1.807, 2.05) is 36.4 Å². The third-order valence-corrected chi connectivity index (χ3v) is 3.40. The lowest BCUT2D eigenvalue weighted by atomic mass is 10.2. The molecule has 0 N–H and O–H groups in total. The molecule has 0 atom stereocenters. The zero-order valence-corrected chi connectivity index (χ0v) is 12.8. The SMILES string of the molecule is O=C(OC(=O)N(c1ccccc1)c1ccccc1)c1ccccc1. The van der Waals surface area contributed by atoms with Crippen molar-refractivity contribution in [2.24, 2.45) is 0 Å². The van der Waals surface area contributed by atoms with Crippen LogP contribution in [0.25, 0.3) is 0 Å². The van der Waals surface area contributed by atoms with E-state index >= 15 is 0 Å².